The molecule has 7 nitrogen and oxygen atoms in total. The summed E-state index contributed by atoms with van der Waals surface area (Å²) in [6, 6.07) is 0. The van der Waals surface area contributed by atoms with Crippen LogP contribution in [0.2, 0.25) is 0 Å². The number of ether oxygens (including phenoxy) is 1. The van der Waals surface area contributed by atoms with E-state index in [1.165, 1.54) is 10.9 Å². The minimum atomic E-state index is -0.575. The number of amides is 1. The van der Waals surface area contributed by atoms with Gasteiger partial charge >= 0.3 is 5.97 Å². The number of nitrogen functional groups attached to an aromatic ring is 1. The van der Waals surface area contributed by atoms with Crippen LogP contribution in [0.3, 0.4) is 0 Å². The van der Waals surface area contributed by atoms with Crippen LogP contribution in [0.1, 0.15) is 31.3 Å². The maximum absolute atomic E-state index is 11.9. The number of nitrogens with zero attached hydrogens (tertiary/aromatic N) is 3. The number of imidazole rings is 1. The molecule has 1 amide bonds. The van der Waals surface area contributed by atoms with Crippen molar-refractivity contribution in [3.63, 3.8) is 0 Å². The highest BCUT2D eigenvalue weighted by molar-refractivity contribution is 5.92. The van der Waals surface area contributed by atoms with Crippen molar-refractivity contribution >= 4 is 17.7 Å². The molecule has 19 heavy (non-hydrogen) atoms. The number of anilines is 1. The lowest BCUT2D eigenvalue weighted by atomic mass is 10.4. The van der Waals surface area contributed by atoms with E-state index in [9.17, 15) is 9.59 Å². The van der Waals surface area contributed by atoms with Gasteiger partial charge in [0.15, 0.2) is 5.69 Å². The summed E-state index contributed by atoms with van der Waals surface area (Å²) < 4.78 is 6.28. The zero-order chi connectivity index (χ0) is 14.4. The van der Waals surface area contributed by atoms with Gasteiger partial charge in [-0.25, -0.2) is 9.78 Å². The van der Waals surface area contributed by atoms with Gasteiger partial charge in [-0.2, -0.15) is 0 Å². The zero-order valence-electron chi connectivity index (χ0n) is 11.5. The number of esters is 1. The maximum atomic E-state index is 11.9. The van der Waals surface area contributed by atoms with Gasteiger partial charge in [0.2, 0.25) is 5.91 Å². The molecule has 0 atom stereocenters. The van der Waals surface area contributed by atoms with Crippen molar-refractivity contribution in [3.05, 3.63) is 12.0 Å². The predicted molar refractivity (Wildman–Crippen MR) is 70.5 cm³/mol. The Morgan fingerprint density at radius 2 is 2.00 bits per heavy atom. The largest absolute Gasteiger partial charge is 0.461 e. The van der Waals surface area contributed by atoms with Crippen LogP contribution in [0.25, 0.3) is 0 Å². The quantitative estimate of drug-likeness (QED) is 0.759. The van der Waals surface area contributed by atoms with Crippen LogP contribution in [-0.4, -0.2) is 46.0 Å². The van der Waals surface area contributed by atoms with Crippen LogP contribution in [0.4, 0.5) is 5.82 Å². The standard InChI is InChI=1S/C12H20N4O3/c1-4-15(5-2)9(17)7-16-8-14-10(11(16)13)12(18)19-6-3/h8H,4-7,13H2,1-3H3. The minimum Gasteiger partial charge on any atom is -0.461 e. The van der Waals surface area contributed by atoms with E-state index < -0.39 is 5.97 Å². The first kappa shape index (κ1) is 15.0. The third-order valence-electron chi connectivity index (χ3n) is 2.77. The molecule has 7 heteroatoms. The molecule has 2 N–H and O–H groups in total. The number of carbonyl (C=O) groups excluding carboxylic acids is 2. The summed E-state index contributed by atoms with van der Waals surface area (Å²) >= 11 is 0. The topological polar surface area (TPSA) is 90.4 Å². The molecule has 1 rings (SSSR count). The fourth-order valence-electron chi connectivity index (χ4n) is 1.70. The third kappa shape index (κ3) is 3.46. The number of rotatable bonds is 6. The Bertz CT molecular complexity index is 452. The SMILES string of the molecule is CCOC(=O)c1ncn(CC(=O)N(CC)CC)c1N. The van der Waals surface area contributed by atoms with Gasteiger partial charge in [0.05, 0.1) is 12.9 Å². The van der Waals surface area contributed by atoms with Crippen molar-refractivity contribution in [1.82, 2.24) is 14.5 Å². The highest BCUT2D eigenvalue weighted by atomic mass is 16.5. The van der Waals surface area contributed by atoms with Crippen molar-refractivity contribution in [1.29, 1.82) is 0 Å². The number of hydrogen-bond acceptors (Lipinski definition) is 5. The smallest absolute Gasteiger partial charge is 0.360 e. The number of aromatic nitrogens is 2. The number of nitrogens with two attached hydrogens (primary N) is 1. The molecule has 1 aromatic heterocycles. The van der Waals surface area contributed by atoms with E-state index in [0.717, 1.165) is 0 Å². The molecule has 0 fully saturated rings. The summed E-state index contributed by atoms with van der Waals surface area (Å²) in [6.07, 6.45) is 1.38. The molecule has 0 saturated carbocycles. The third-order valence-corrected chi connectivity index (χ3v) is 2.77. The van der Waals surface area contributed by atoms with Gasteiger partial charge in [0.25, 0.3) is 0 Å². The molecule has 0 radical (unpaired) electrons. The second-order valence-electron chi connectivity index (χ2n) is 3.89. The van der Waals surface area contributed by atoms with Gasteiger partial charge in [-0.05, 0) is 20.8 Å². The van der Waals surface area contributed by atoms with Crippen LogP contribution in [0, 0.1) is 0 Å². The van der Waals surface area contributed by atoms with E-state index in [1.54, 1.807) is 11.8 Å². The predicted octanol–water partition coefficient (Wildman–Crippen LogP) is 0.510. The van der Waals surface area contributed by atoms with Crippen molar-refractivity contribution in [3.8, 4) is 0 Å². The lowest BCUT2D eigenvalue weighted by molar-refractivity contribution is -0.131. The second kappa shape index (κ2) is 6.77. The minimum absolute atomic E-state index is 0.0502. The van der Waals surface area contributed by atoms with Gasteiger partial charge < -0.3 is 19.9 Å². The van der Waals surface area contributed by atoms with E-state index in [4.69, 9.17) is 10.5 Å². The summed E-state index contributed by atoms with van der Waals surface area (Å²) in [7, 11) is 0. The van der Waals surface area contributed by atoms with Gasteiger partial charge in [0, 0.05) is 13.1 Å². The molecule has 1 aromatic rings. The molecule has 0 saturated heterocycles. The Hall–Kier alpha value is -2.05. The van der Waals surface area contributed by atoms with E-state index in [-0.39, 0.29) is 30.6 Å². The lowest BCUT2D eigenvalue weighted by Crippen LogP contribution is -2.33. The average molecular weight is 268 g/mol. The van der Waals surface area contributed by atoms with Gasteiger partial charge in [0.1, 0.15) is 12.4 Å². The Labute approximate surface area is 112 Å². The van der Waals surface area contributed by atoms with Gasteiger partial charge in [-0.15, -0.1) is 0 Å². The number of hydrogen-bond donors (Lipinski definition) is 1. The maximum Gasteiger partial charge on any atom is 0.360 e. The van der Waals surface area contributed by atoms with Crippen LogP contribution < -0.4 is 5.73 Å². The van der Waals surface area contributed by atoms with Gasteiger partial charge in [-0.1, -0.05) is 0 Å². The van der Waals surface area contributed by atoms with Crippen molar-refractivity contribution in [2.45, 2.75) is 27.3 Å². The number of likely N-dealkylation sites (N-methyl/N-ethyl adjacent to an activating group) is 1. The second-order valence-corrected chi connectivity index (χ2v) is 3.89. The van der Waals surface area contributed by atoms with E-state index >= 15 is 0 Å². The lowest BCUT2D eigenvalue weighted by Gasteiger charge is -2.19. The van der Waals surface area contributed by atoms with Crippen LogP contribution in [0.15, 0.2) is 6.33 Å². The fraction of sp³-hybridized carbons (Fsp3) is 0.583. The van der Waals surface area contributed by atoms with Gasteiger partial charge in [-0.3, -0.25) is 4.79 Å². The zero-order valence-corrected chi connectivity index (χ0v) is 11.5. The molecular formula is C12H20N4O3. The van der Waals surface area contributed by atoms with Crippen molar-refractivity contribution in [2.24, 2.45) is 0 Å². The Morgan fingerprint density at radius 1 is 1.37 bits per heavy atom. The Morgan fingerprint density at radius 3 is 2.53 bits per heavy atom. The Kier molecular flexibility index (Phi) is 5.35. The summed E-state index contributed by atoms with van der Waals surface area (Å²) in [5.74, 6) is -0.488. The van der Waals surface area contributed by atoms with Crippen LogP contribution >= 0.6 is 0 Å². The Balaban J connectivity index is 2.81. The summed E-state index contributed by atoms with van der Waals surface area (Å²) in [6.45, 7) is 7.10. The summed E-state index contributed by atoms with van der Waals surface area (Å²) in [4.78, 5) is 29.0. The molecule has 0 aliphatic rings. The molecular weight excluding hydrogens is 248 g/mol. The number of carbonyl (C=O) groups is 2. The molecule has 0 aliphatic heterocycles. The highest BCUT2D eigenvalue weighted by Crippen LogP contribution is 2.11. The van der Waals surface area contributed by atoms with Crippen molar-refractivity contribution in [2.75, 3.05) is 25.4 Å². The highest BCUT2D eigenvalue weighted by Gasteiger charge is 2.19. The van der Waals surface area contributed by atoms with Crippen LogP contribution in [0.5, 0.6) is 0 Å². The normalized spacial score (nSPS) is 10.3. The molecule has 0 unspecified atom stereocenters. The first-order valence-corrected chi connectivity index (χ1v) is 6.30. The molecule has 0 spiro atoms. The van der Waals surface area contributed by atoms with E-state index in [2.05, 4.69) is 4.98 Å². The average Bonchev–Trinajstić information content (AvgIpc) is 2.73. The van der Waals surface area contributed by atoms with Crippen LogP contribution in [-0.2, 0) is 16.1 Å². The molecule has 1 heterocycles. The first-order valence-electron chi connectivity index (χ1n) is 6.30. The fourth-order valence-corrected chi connectivity index (χ4v) is 1.70. The summed E-state index contributed by atoms with van der Waals surface area (Å²) in [5, 5.41) is 0. The molecule has 106 valence electrons. The molecule has 0 aliphatic carbocycles. The first-order chi connectivity index (χ1) is 9.04. The van der Waals surface area contributed by atoms with E-state index in [0.29, 0.717) is 13.1 Å². The molecule has 0 bridgehead atoms. The monoisotopic (exact) mass is 268 g/mol. The summed E-state index contributed by atoms with van der Waals surface area (Å²) in [5.41, 5.74) is 5.84. The van der Waals surface area contributed by atoms with Crippen molar-refractivity contribution < 1.29 is 14.3 Å². The van der Waals surface area contributed by atoms with E-state index in [1.807, 2.05) is 13.8 Å². The molecule has 0 aromatic carbocycles.